The zero-order valence-electron chi connectivity index (χ0n) is 13.8. The van der Waals surface area contributed by atoms with Crippen molar-refractivity contribution in [1.29, 1.82) is 0 Å². The van der Waals surface area contributed by atoms with Gasteiger partial charge in [-0.05, 0) is 49.9 Å². The van der Waals surface area contributed by atoms with E-state index in [9.17, 15) is 4.79 Å². The van der Waals surface area contributed by atoms with Crippen molar-refractivity contribution in [3.8, 4) is 5.75 Å². The van der Waals surface area contributed by atoms with Crippen LogP contribution < -0.4 is 10.1 Å². The average molecular weight is 367 g/mol. The Morgan fingerprint density at radius 1 is 1.17 bits per heavy atom. The Labute approximate surface area is 152 Å². The number of nitrogens with one attached hydrogen (secondary N) is 1. The molecular formula is C18H20Cl2N2O2. The Bertz CT molecular complexity index is 705. The van der Waals surface area contributed by atoms with Gasteiger partial charge in [0, 0.05) is 16.1 Å². The number of anilines is 1. The molecule has 0 fully saturated rings. The van der Waals surface area contributed by atoms with Crippen LogP contribution in [0.25, 0.3) is 0 Å². The molecule has 0 bridgehead atoms. The van der Waals surface area contributed by atoms with Crippen LogP contribution in [0.3, 0.4) is 0 Å². The van der Waals surface area contributed by atoms with Crippen LogP contribution in [0.4, 0.5) is 5.69 Å². The summed E-state index contributed by atoms with van der Waals surface area (Å²) in [5.74, 6) is 0.431. The lowest BCUT2D eigenvalue weighted by Gasteiger charge is -2.24. The monoisotopic (exact) mass is 366 g/mol. The molecule has 6 heteroatoms. The molecule has 0 aliphatic rings. The summed E-state index contributed by atoms with van der Waals surface area (Å²) in [6, 6.07) is 12.8. The van der Waals surface area contributed by atoms with Crippen molar-refractivity contribution in [1.82, 2.24) is 4.90 Å². The van der Waals surface area contributed by atoms with Gasteiger partial charge in [0.1, 0.15) is 5.75 Å². The number of ether oxygens (including phenoxy) is 1. The number of amides is 1. The van der Waals surface area contributed by atoms with Crippen molar-refractivity contribution < 1.29 is 9.53 Å². The maximum absolute atomic E-state index is 12.3. The number of benzene rings is 2. The highest BCUT2D eigenvalue weighted by atomic mass is 35.5. The summed E-state index contributed by atoms with van der Waals surface area (Å²) < 4.78 is 5.23. The predicted molar refractivity (Wildman–Crippen MR) is 99.1 cm³/mol. The average Bonchev–Trinajstić information content (AvgIpc) is 2.55. The molecule has 1 amide bonds. The maximum atomic E-state index is 12.3. The second kappa shape index (κ2) is 8.38. The molecule has 1 atom stereocenters. The summed E-state index contributed by atoms with van der Waals surface area (Å²) >= 11 is 11.9. The number of carbonyl (C=O) groups excluding carboxylic acids is 1. The first kappa shape index (κ1) is 18.6. The first-order chi connectivity index (χ1) is 11.4. The standard InChI is InChI=1S/C18H20Cl2N2O2/c1-12(13-4-6-14(19)7-5-13)22(2)11-18(23)21-16-10-15(20)8-9-17(16)24-3/h4-10,12H,11H2,1-3H3,(H,21,23)/t12-/m0/s1. The van der Waals surface area contributed by atoms with Crippen molar-refractivity contribution in [2.24, 2.45) is 0 Å². The molecule has 0 aliphatic heterocycles. The quantitative estimate of drug-likeness (QED) is 0.809. The molecule has 0 spiro atoms. The van der Waals surface area contributed by atoms with Gasteiger partial charge >= 0.3 is 0 Å². The van der Waals surface area contributed by atoms with Crippen molar-refractivity contribution in [2.45, 2.75) is 13.0 Å². The van der Waals surface area contributed by atoms with E-state index in [0.717, 1.165) is 5.56 Å². The van der Waals surface area contributed by atoms with Gasteiger partial charge in [-0.15, -0.1) is 0 Å². The van der Waals surface area contributed by atoms with Crippen molar-refractivity contribution >= 4 is 34.8 Å². The highest BCUT2D eigenvalue weighted by Crippen LogP contribution is 2.28. The van der Waals surface area contributed by atoms with Crippen molar-refractivity contribution in [3.63, 3.8) is 0 Å². The number of likely N-dealkylation sites (N-methyl/N-ethyl adjacent to an activating group) is 1. The van der Waals surface area contributed by atoms with Gasteiger partial charge in [-0.3, -0.25) is 9.69 Å². The number of hydrogen-bond acceptors (Lipinski definition) is 3. The Hall–Kier alpha value is -1.75. The fourth-order valence-electron chi connectivity index (χ4n) is 2.33. The summed E-state index contributed by atoms with van der Waals surface area (Å²) in [6.45, 7) is 2.27. The smallest absolute Gasteiger partial charge is 0.238 e. The van der Waals surface area contributed by atoms with Crippen LogP contribution in [0, 0.1) is 0 Å². The molecule has 24 heavy (non-hydrogen) atoms. The fourth-order valence-corrected chi connectivity index (χ4v) is 2.62. The van der Waals surface area contributed by atoms with E-state index < -0.39 is 0 Å². The van der Waals surface area contributed by atoms with Crippen LogP contribution in [0.5, 0.6) is 5.75 Å². The molecule has 128 valence electrons. The molecule has 2 aromatic carbocycles. The van der Waals surface area contributed by atoms with Gasteiger partial charge in [-0.2, -0.15) is 0 Å². The molecule has 0 saturated heterocycles. The molecule has 0 radical (unpaired) electrons. The number of halogens is 2. The van der Waals surface area contributed by atoms with Crippen molar-refractivity contribution in [3.05, 3.63) is 58.1 Å². The summed E-state index contributed by atoms with van der Waals surface area (Å²) in [6.07, 6.45) is 0. The maximum Gasteiger partial charge on any atom is 0.238 e. The van der Waals surface area contributed by atoms with Gasteiger partial charge in [-0.25, -0.2) is 0 Å². The van der Waals surface area contributed by atoms with Gasteiger partial charge in [0.15, 0.2) is 0 Å². The Morgan fingerprint density at radius 3 is 2.42 bits per heavy atom. The molecule has 0 heterocycles. The molecule has 1 N–H and O–H groups in total. The summed E-state index contributed by atoms with van der Waals surface area (Å²) in [5.41, 5.74) is 1.65. The van der Waals surface area contributed by atoms with Gasteiger partial charge in [0.05, 0.1) is 19.3 Å². The Balaban J connectivity index is 2.01. The van der Waals surface area contributed by atoms with E-state index in [1.807, 2.05) is 43.1 Å². The van der Waals surface area contributed by atoms with Crippen LogP contribution in [0.2, 0.25) is 10.0 Å². The van der Waals surface area contributed by atoms with Gasteiger partial charge in [-0.1, -0.05) is 35.3 Å². The Morgan fingerprint density at radius 2 is 1.79 bits per heavy atom. The van der Waals surface area contributed by atoms with E-state index in [2.05, 4.69) is 5.32 Å². The predicted octanol–water partition coefficient (Wildman–Crippen LogP) is 4.63. The number of hydrogen-bond donors (Lipinski definition) is 1. The number of rotatable bonds is 6. The van der Waals surface area contributed by atoms with Crippen LogP contribution in [-0.2, 0) is 4.79 Å². The molecule has 0 saturated carbocycles. The summed E-state index contributed by atoms with van der Waals surface area (Å²) in [5, 5.41) is 4.07. The summed E-state index contributed by atoms with van der Waals surface area (Å²) in [4.78, 5) is 14.3. The second-order valence-electron chi connectivity index (χ2n) is 5.54. The largest absolute Gasteiger partial charge is 0.495 e. The first-order valence-corrected chi connectivity index (χ1v) is 8.25. The molecule has 0 unspecified atom stereocenters. The van der Waals surface area contributed by atoms with E-state index in [1.54, 1.807) is 25.3 Å². The third-order valence-electron chi connectivity index (χ3n) is 3.84. The van der Waals surface area contributed by atoms with E-state index >= 15 is 0 Å². The highest BCUT2D eigenvalue weighted by Gasteiger charge is 2.16. The minimum atomic E-state index is -0.140. The number of methoxy groups -OCH3 is 1. The van der Waals surface area contributed by atoms with Crippen LogP contribution in [0.1, 0.15) is 18.5 Å². The molecular weight excluding hydrogens is 347 g/mol. The van der Waals surface area contributed by atoms with Gasteiger partial charge < -0.3 is 10.1 Å². The first-order valence-electron chi connectivity index (χ1n) is 7.50. The van der Waals surface area contributed by atoms with Crippen LogP contribution in [-0.4, -0.2) is 31.5 Å². The molecule has 2 aromatic rings. The molecule has 0 aromatic heterocycles. The summed E-state index contributed by atoms with van der Waals surface area (Å²) in [7, 11) is 3.45. The zero-order chi connectivity index (χ0) is 17.7. The highest BCUT2D eigenvalue weighted by molar-refractivity contribution is 6.31. The molecule has 0 aliphatic carbocycles. The fraction of sp³-hybridized carbons (Fsp3) is 0.278. The third-order valence-corrected chi connectivity index (χ3v) is 4.33. The normalized spacial score (nSPS) is 12.1. The third kappa shape index (κ3) is 4.87. The van der Waals surface area contributed by atoms with Gasteiger partial charge in [0.2, 0.25) is 5.91 Å². The van der Waals surface area contributed by atoms with Crippen LogP contribution >= 0.6 is 23.2 Å². The van der Waals surface area contributed by atoms with E-state index in [0.29, 0.717) is 21.5 Å². The van der Waals surface area contributed by atoms with Gasteiger partial charge in [0.25, 0.3) is 0 Å². The van der Waals surface area contributed by atoms with E-state index in [4.69, 9.17) is 27.9 Å². The topological polar surface area (TPSA) is 41.6 Å². The number of carbonyl (C=O) groups is 1. The lowest BCUT2D eigenvalue weighted by atomic mass is 10.1. The minimum Gasteiger partial charge on any atom is -0.495 e. The lowest BCUT2D eigenvalue weighted by Crippen LogP contribution is -2.32. The number of nitrogens with zero attached hydrogens (tertiary/aromatic N) is 1. The second-order valence-corrected chi connectivity index (χ2v) is 6.41. The lowest BCUT2D eigenvalue weighted by molar-refractivity contribution is -0.117. The SMILES string of the molecule is COc1ccc(Cl)cc1NC(=O)CN(C)[C@@H](C)c1ccc(Cl)cc1. The Kier molecular flexibility index (Phi) is 6.49. The molecule has 4 nitrogen and oxygen atoms in total. The van der Waals surface area contributed by atoms with E-state index in [-0.39, 0.29) is 18.5 Å². The van der Waals surface area contributed by atoms with Crippen LogP contribution in [0.15, 0.2) is 42.5 Å². The minimum absolute atomic E-state index is 0.0780. The molecule has 2 rings (SSSR count). The van der Waals surface area contributed by atoms with Crippen molar-refractivity contribution in [2.75, 3.05) is 26.0 Å². The van der Waals surface area contributed by atoms with E-state index in [1.165, 1.54) is 0 Å². The zero-order valence-corrected chi connectivity index (χ0v) is 15.4.